The van der Waals surface area contributed by atoms with E-state index in [1.54, 1.807) is 0 Å². The third-order valence-corrected chi connectivity index (χ3v) is 7.00. The fraction of sp³-hybridized carbons (Fsp3) is 0.900. The first-order valence-electron chi connectivity index (χ1n) is 7.40. The minimum absolute atomic E-state index is 0.858. The second-order valence-electron chi connectivity index (χ2n) is 6.25. The lowest BCUT2D eigenvalue weighted by Crippen LogP contribution is -2.49. The average molecular weight is 460 g/mol. The molecule has 1 aliphatic heterocycles. The van der Waals surface area contributed by atoms with Gasteiger partial charge in [0.05, 0.1) is 18.6 Å². The second kappa shape index (κ2) is 8.22. The van der Waals surface area contributed by atoms with Crippen LogP contribution in [0.25, 0.3) is 0 Å². The highest BCUT2D eigenvalue weighted by Gasteiger charge is 2.63. The molecule has 160 valence electrons. The van der Waals surface area contributed by atoms with Crippen LogP contribution in [0.1, 0.15) is 12.8 Å². The summed E-state index contributed by atoms with van der Waals surface area (Å²) in [7, 11) is -12.4. The van der Waals surface area contributed by atoms with Gasteiger partial charge in [0.2, 0.25) is 7.57 Å². The molecule has 2 unspecified atom stereocenters. The van der Waals surface area contributed by atoms with Crippen LogP contribution in [0.3, 0.4) is 0 Å². The summed E-state index contributed by atoms with van der Waals surface area (Å²) < 4.78 is 65.5. The van der Waals surface area contributed by atoms with Crippen molar-refractivity contribution in [1.82, 2.24) is 0 Å². The largest absolute Gasteiger partial charge is 0.394 e. The number of hydrogen-bond donors (Lipinski definition) is 6. The third-order valence-electron chi connectivity index (χ3n) is 4.06. The van der Waals surface area contributed by atoms with E-state index in [-0.39, 0.29) is 0 Å². The fourth-order valence-electron chi connectivity index (χ4n) is 2.67. The quantitative estimate of drug-likeness (QED) is 0.184. The van der Waals surface area contributed by atoms with E-state index < -0.39 is 71.2 Å². The van der Waals surface area contributed by atoms with E-state index in [4.69, 9.17) is 28.8 Å². The highest BCUT2D eigenvalue weighted by Crippen LogP contribution is 2.60. The molecule has 0 aromatic heterocycles. The van der Waals surface area contributed by atoms with Gasteiger partial charge in [-0.25, -0.2) is 0 Å². The lowest BCUT2D eigenvalue weighted by molar-refractivity contribution is -0.113. The Bertz CT molecular complexity index is 681. The Kier molecular flexibility index (Phi) is 7.72. The zero-order valence-electron chi connectivity index (χ0n) is 14.4. The van der Waals surface area contributed by atoms with E-state index in [1.165, 1.54) is 7.85 Å². The molecular formula is C10H22BF2O11P3. The van der Waals surface area contributed by atoms with Crippen molar-refractivity contribution in [2.75, 3.05) is 13.3 Å². The molecule has 1 fully saturated rings. The van der Waals surface area contributed by atoms with Crippen LogP contribution in [0.4, 0.5) is 8.78 Å². The Morgan fingerprint density at radius 3 is 2.19 bits per heavy atom. The molecule has 1 aliphatic rings. The molecule has 0 bridgehead atoms. The Labute approximate surface area is 154 Å². The minimum atomic E-state index is -6.00. The van der Waals surface area contributed by atoms with Crippen LogP contribution in [0.5, 0.6) is 0 Å². The first-order valence-corrected chi connectivity index (χ1v) is 12.6. The molecule has 5 atom stereocenters. The average Bonchev–Trinajstić information content (AvgIpc) is 2.68. The molecule has 0 aromatic rings. The lowest BCUT2D eigenvalue weighted by atomic mass is 9.86. The van der Waals surface area contributed by atoms with Gasteiger partial charge < -0.3 is 43.4 Å². The molecule has 6 N–H and O–H groups in total. The first kappa shape index (κ1) is 25.4. The van der Waals surface area contributed by atoms with Gasteiger partial charge in [-0.05, 0) is 12.7 Å². The normalized spacial score (nSPS) is 32.4. The topological polar surface area (TPSA) is 183 Å². The summed E-state index contributed by atoms with van der Waals surface area (Å²) in [5.41, 5.74) is -7.12. The van der Waals surface area contributed by atoms with E-state index in [9.17, 15) is 27.9 Å². The molecule has 1 saturated heterocycles. The molecule has 0 spiro atoms. The summed E-state index contributed by atoms with van der Waals surface area (Å²) in [4.78, 5) is 45.9. The van der Waals surface area contributed by atoms with Crippen LogP contribution in [0.2, 0.25) is 0 Å². The van der Waals surface area contributed by atoms with E-state index in [2.05, 4.69) is 10.8 Å². The van der Waals surface area contributed by atoms with Crippen molar-refractivity contribution in [2.45, 2.75) is 42.3 Å². The molecule has 0 saturated carbocycles. The summed E-state index contributed by atoms with van der Waals surface area (Å²) in [5, 5.41) is 10.2. The first-order chi connectivity index (χ1) is 11.9. The van der Waals surface area contributed by atoms with Crippen molar-refractivity contribution < 1.29 is 61.3 Å². The highest BCUT2D eigenvalue weighted by atomic mass is 31.2. The Morgan fingerprint density at radius 2 is 1.78 bits per heavy atom. The number of rotatable bonds is 9. The van der Waals surface area contributed by atoms with Crippen molar-refractivity contribution >= 4 is 36.9 Å². The van der Waals surface area contributed by atoms with E-state index in [1.807, 2.05) is 0 Å². The minimum Gasteiger partial charge on any atom is -0.388 e. The smallest absolute Gasteiger partial charge is 0.388 e. The molecular weight excluding hydrogens is 438 g/mol. The summed E-state index contributed by atoms with van der Waals surface area (Å²) in [5.74, 6) is 0. The zero-order chi connectivity index (χ0) is 21.5. The van der Waals surface area contributed by atoms with Gasteiger partial charge in [0.15, 0.2) is 0 Å². The van der Waals surface area contributed by atoms with E-state index in [0.717, 1.165) is 7.11 Å². The van der Waals surface area contributed by atoms with Crippen molar-refractivity contribution in [1.29, 1.82) is 0 Å². The van der Waals surface area contributed by atoms with Crippen molar-refractivity contribution in [3.63, 3.8) is 0 Å². The standard InChI is InChI=1S/C10H22BF2O11P3/c1-22-25(2,15)24-7-6(14)8(11)23-9(7,3-4-26(16,17)18)5-10(12,13)27(19,20)21/h6-8,14-15H,2-5,11H2,1H3,(H2,16,17,18)(H2,19,20,21)/t6-,7?,8+,9-,25?/m0/s1. The number of hydrogen-bond acceptors (Lipinski definition) is 7. The predicted molar refractivity (Wildman–Crippen MR) is 93.4 cm³/mol. The van der Waals surface area contributed by atoms with E-state index in [0.29, 0.717) is 0 Å². The number of aliphatic hydroxyl groups excluding tert-OH is 1. The van der Waals surface area contributed by atoms with Crippen LogP contribution in [-0.2, 0) is 22.9 Å². The maximum atomic E-state index is 14.1. The maximum absolute atomic E-state index is 14.1. The number of aliphatic hydroxyl groups is 1. The summed E-state index contributed by atoms with van der Waals surface area (Å²) in [6.45, 7) is 0. The summed E-state index contributed by atoms with van der Waals surface area (Å²) in [6, 6.07) is -1.23. The van der Waals surface area contributed by atoms with Gasteiger partial charge in [-0.1, -0.05) is 0 Å². The molecule has 17 heteroatoms. The number of ether oxygens (including phenoxy) is 1. The third kappa shape index (κ3) is 6.40. The fourth-order valence-corrected chi connectivity index (χ4v) is 4.57. The number of halogens is 2. The Balaban J connectivity index is 3.41. The Morgan fingerprint density at radius 1 is 1.26 bits per heavy atom. The van der Waals surface area contributed by atoms with Gasteiger partial charge in [0.25, 0.3) is 0 Å². The second-order valence-corrected chi connectivity index (χ2v) is 11.6. The highest BCUT2D eigenvalue weighted by molar-refractivity contribution is 7.58. The SMILES string of the molecule is B[C@@H]1O[C@@](CCP(=O)(O)O)(CC(F)(F)P(=O)(O)O)C(OP(=C)(O)OC)[C@@H]1O. The number of alkyl halides is 2. The predicted octanol–water partition coefficient (Wildman–Crippen LogP) is -0.978. The molecule has 1 heterocycles. The molecule has 11 nitrogen and oxygen atoms in total. The molecule has 0 amide bonds. The van der Waals surface area contributed by atoms with Crippen molar-refractivity contribution in [2.24, 2.45) is 0 Å². The lowest BCUT2D eigenvalue weighted by Gasteiger charge is -2.38. The van der Waals surface area contributed by atoms with Gasteiger partial charge in [-0.15, -0.1) is 0 Å². The van der Waals surface area contributed by atoms with Gasteiger partial charge in [0, 0.05) is 7.11 Å². The van der Waals surface area contributed by atoms with Crippen LogP contribution < -0.4 is 0 Å². The maximum Gasteiger partial charge on any atom is 0.394 e. The zero-order valence-corrected chi connectivity index (χ0v) is 17.1. The summed E-state index contributed by atoms with van der Waals surface area (Å²) in [6.07, 6.45) is -3.95. The van der Waals surface area contributed by atoms with Gasteiger partial charge in [0.1, 0.15) is 25.7 Å². The van der Waals surface area contributed by atoms with Gasteiger partial charge >= 0.3 is 20.9 Å². The van der Waals surface area contributed by atoms with Crippen LogP contribution in [-0.4, -0.2) is 86.5 Å². The molecule has 0 aromatic carbocycles. The van der Waals surface area contributed by atoms with Crippen LogP contribution in [0.15, 0.2) is 0 Å². The molecule has 0 radical (unpaired) electrons. The molecule has 27 heavy (non-hydrogen) atoms. The molecule has 1 rings (SSSR count). The van der Waals surface area contributed by atoms with Gasteiger partial charge in [-0.3, -0.25) is 9.13 Å². The van der Waals surface area contributed by atoms with E-state index >= 15 is 0 Å². The Hall–Kier alpha value is 0.325. The van der Waals surface area contributed by atoms with Crippen molar-refractivity contribution in [3.05, 3.63) is 0 Å². The van der Waals surface area contributed by atoms with Crippen LogP contribution >= 0.6 is 22.8 Å². The van der Waals surface area contributed by atoms with Gasteiger partial charge in [-0.2, -0.15) is 8.78 Å². The summed E-state index contributed by atoms with van der Waals surface area (Å²) >= 11 is 0. The monoisotopic (exact) mass is 460 g/mol. The molecule has 0 aliphatic carbocycles. The van der Waals surface area contributed by atoms with Crippen molar-refractivity contribution in [3.8, 4) is 0 Å². The van der Waals surface area contributed by atoms with Crippen LogP contribution in [0, 0.1) is 0 Å².